The van der Waals surface area contributed by atoms with Crippen LogP contribution in [0.4, 0.5) is 5.69 Å². The highest BCUT2D eigenvalue weighted by Crippen LogP contribution is 2.17. The number of nitriles is 1. The molecule has 1 atom stereocenters. The van der Waals surface area contributed by atoms with Crippen LogP contribution >= 0.6 is 0 Å². The molecule has 0 fully saturated rings. The molecule has 0 amide bonds. The van der Waals surface area contributed by atoms with E-state index in [2.05, 4.69) is 6.07 Å². The lowest BCUT2D eigenvalue weighted by atomic mass is 10.1. The van der Waals surface area contributed by atoms with Crippen LogP contribution in [-0.4, -0.2) is 14.1 Å². The van der Waals surface area contributed by atoms with Crippen LogP contribution in [0.3, 0.4) is 0 Å². The number of nitrogens with two attached hydrogens (primary N) is 1. The Morgan fingerprint density at radius 1 is 1.36 bits per heavy atom. The van der Waals surface area contributed by atoms with Crippen LogP contribution in [0.1, 0.15) is 18.0 Å². The molecule has 0 unspecified atom stereocenters. The second-order valence-electron chi connectivity index (χ2n) is 3.45. The first-order valence-electron chi connectivity index (χ1n) is 4.55. The maximum atomic E-state index is 8.50. The molecular weight excluding hydrogens is 174 g/mol. The molecule has 1 rings (SSSR count). The van der Waals surface area contributed by atoms with Gasteiger partial charge in [-0.25, -0.2) is 0 Å². The average Bonchev–Trinajstić information content (AvgIpc) is 2.18. The first-order chi connectivity index (χ1) is 6.65. The molecule has 14 heavy (non-hydrogen) atoms. The Bertz CT molecular complexity index is 321. The van der Waals surface area contributed by atoms with Gasteiger partial charge >= 0.3 is 0 Å². The lowest BCUT2D eigenvalue weighted by molar-refractivity contribution is 0.748. The van der Waals surface area contributed by atoms with Gasteiger partial charge in [0.25, 0.3) is 0 Å². The maximum absolute atomic E-state index is 8.50. The normalized spacial score (nSPS) is 11.9. The zero-order valence-electron chi connectivity index (χ0n) is 8.57. The summed E-state index contributed by atoms with van der Waals surface area (Å²) < 4.78 is 0. The zero-order chi connectivity index (χ0) is 10.6. The SMILES string of the molecule is CN(C)c1ccc([C@H](N)CC#N)cc1. The molecule has 3 heteroatoms. The predicted molar refractivity (Wildman–Crippen MR) is 57.9 cm³/mol. The Kier molecular flexibility index (Phi) is 3.49. The highest BCUT2D eigenvalue weighted by molar-refractivity contribution is 5.46. The van der Waals surface area contributed by atoms with E-state index in [9.17, 15) is 0 Å². The van der Waals surface area contributed by atoms with Crippen LogP contribution in [0, 0.1) is 11.3 Å². The predicted octanol–water partition coefficient (Wildman–Crippen LogP) is 1.67. The number of rotatable bonds is 3. The molecule has 0 heterocycles. The van der Waals surface area contributed by atoms with Crippen molar-refractivity contribution < 1.29 is 0 Å². The molecule has 0 saturated heterocycles. The van der Waals surface area contributed by atoms with Gasteiger partial charge in [-0.1, -0.05) is 12.1 Å². The van der Waals surface area contributed by atoms with Crippen molar-refractivity contribution in [2.75, 3.05) is 19.0 Å². The number of anilines is 1. The fourth-order valence-electron chi connectivity index (χ4n) is 1.24. The molecule has 0 bridgehead atoms. The first kappa shape index (κ1) is 10.6. The van der Waals surface area contributed by atoms with Gasteiger partial charge in [0, 0.05) is 25.8 Å². The van der Waals surface area contributed by atoms with E-state index < -0.39 is 0 Å². The minimum atomic E-state index is -0.170. The Balaban J connectivity index is 2.78. The summed E-state index contributed by atoms with van der Waals surface area (Å²) in [7, 11) is 3.98. The number of hydrogen-bond donors (Lipinski definition) is 1. The van der Waals surface area contributed by atoms with Gasteiger partial charge in [-0.05, 0) is 17.7 Å². The van der Waals surface area contributed by atoms with Crippen molar-refractivity contribution in [3.05, 3.63) is 29.8 Å². The molecule has 74 valence electrons. The summed E-state index contributed by atoms with van der Waals surface area (Å²) in [4.78, 5) is 2.03. The van der Waals surface area contributed by atoms with E-state index in [1.807, 2.05) is 43.3 Å². The van der Waals surface area contributed by atoms with E-state index >= 15 is 0 Å². The van der Waals surface area contributed by atoms with E-state index in [0.717, 1.165) is 11.3 Å². The molecule has 0 aliphatic rings. The van der Waals surface area contributed by atoms with Gasteiger partial charge in [0.05, 0.1) is 12.5 Å². The third-order valence-corrected chi connectivity index (χ3v) is 2.15. The van der Waals surface area contributed by atoms with Gasteiger partial charge in [-0.15, -0.1) is 0 Å². The van der Waals surface area contributed by atoms with Crippen LogP contribution in [0.2, 0.25) is 0 Å². The summed E-state index contributed by atoms with van der Waals surface area (Å²) in [5.41, 5.74) is 7.94. The first-order valence-corrected chi connectivity index (χ1v) is 4.55. The van der Waals surface area contributed by atoms with Gasteiger partial charge in [0.1, 0.15) is 0 Å². The van der Waals surface area contributed by atoms with Crippen molar-refractivity contribution >= 4 is 5.69 Å². The molecule has 1 aromatic rings. The number of hydrogen-bond acceptors (Lipinski definition) is 3. The topological polar surface area (TPSA) is 53.0 Å². The summed E-state index contributed by atoms with van der Waals surface area (Å²) >= 11 is 0. The van der Waals surface area contributed by atoms with E-state index in [0.29, 0.717) is 6.42 Å². The van der Waals surface area contributed by atoms with Gasteiger partial charge in [0.15, 0.2) is 0 Å². The summed E-state index contributed by atoms with van der Waals surface area (Å²) in [6.45, 7) is 0. The largest absolute Gasteiger partial charge is 0.378 e. The molecule has 3 nitrogen and oxygen atoms in total. The van der Waals surface area contributed by atoms with Crippen LogP contribution < -0.4 is 10.6 Å². The van der Waals surface area contributed by atoms with Crippen LogP contribution in [0.25, 0.3) is 0 Å². The van der Waals surface area contributed by atoms with Crippen LogP contribution in [0.5, 0.6) is 0 Å². The van der Waals surface area contributed by atoms with Crippen molar-refractivity contribution in [2.45, 2.75) is 12.5 Å². The van der Waals surface area contributed by atoms with E-state index in [-0.39, 0.29) is 6.04 Å². The molecule has 0 aliphatic heterocycles. The highest BCUT2D eigenvalue weighted by atomic mass is 15.1. The van der Waals surface area contributed by atoms with Crippen LogP contribution in [0.15, 0.2) is 24.3 Å². The quantitative estimate of drug-likeness (QED) is 0.786. The van der Waals surface area contributed by atoms with Gasteiger partial charge in [0.2, 0.25) is 0 Å². The van der Waals surface area contributed by atoms with Crippen molar-refractivity contribution in [1.82, 2.24) is 0 Å². The average molecular weight is 189 g/mol. The fourth-order valence-corrected chi connectivity index (χ4v) is 1.24. The van der Waals surface area contributed by atoms with Crippen LogP contribution in [-0.2, 0) is 0 Å². The molecule has 0 radical (unpaired) electrons. The second-order valence-corrected chi connectivity index (χ2v) is 3.45. The van der Waals surface area contributed by atoms with E-state index in [1.165, 1.54) is 0 Å². The molecule has 2 N–H and O–H groups in total. The number of benzene rings is 1. The van der Waals surface area contributed by atoms with E-state index in [4.69, 9.17) is 11.0 Å². The fraction of sp³-hybridized carbons (Fsp3) is 0.364. The Morgan fingerprint density at radius 3 is 2.36 bits per heavy atom. The molecule has 0 aromatic heterocycles. The zero-order valence-corrected chi connectivity index (χ0v) is 8.57. The summed E-state index contributed by atoms with van der Waals surface area (Å²) in [6, 6.07) is 9.85. The third kappa shape index (κ3) is 2.48. The molecule has 0 spiro atoms. The van der Waals surface area contributed by atoms with E-state index in [1.54, 1.807) is 0 Å². The summed E-state index contributed by atoms with van der Waals surface area (Å²) in [5.74, 6) is 0. The minimum Gasteiger partial charge on any atom is -0.378 e. The molecule has 0 aliphatic carbocycles. The smallest absolute Gasteiger partial charge is 0.0641 e. The van der Waals surface area contributed by atoms with Gasteiger partial charge in [-0.2, -0.15) is 5.26 Å². The summed E-state index contributed by atoms with van der Waals surface area (Å²) in [5, 5.41) is 8.50. The Morgan fingerprint density at radius 2 is 1.93 bits per heavy atom. The lowest BCUT2D eigenvalue weighted by Gasteiger charge is -2.14. The molecule has 0 saturated carbocycles. The third-order valence-electron chi connectivity index (χ3n) is 2.15. The molecular formula is C11H15N3. The highest BCUT2D eigenvalue weighted by Gasteiger charge is 2.04. The van der Waals surface area contributed by atoms with Gasteiger partial charge in [-0.3, -0.25) is 0 Å². The van der Waals surface area contributed by atoms with Crippen molar-refractivity contribution in [2.24, 2.45) is 5.73 Å². The maximum Gasteiger partial charge on any atom is 0.0641 e. The Hall–Kier alpha value is -1.53. The van der Waals surface area contributed by atoms with Gasteiger partial charge < -0.3 is 10.6 Å². The summed E-state index contributed by atoms with van der Waals surface area (Å²) in [6.07, 6.45) is 0.362. The van der Waals surface area contributed by atoms with Crippen molar-refractivity contribution in [1.29, 1.82) is 5.26 Å². The number of nitrogens with zero attached hydrogens (tertiary/aromatic N) is 2. The van der Waals surface area contributed by atoms with Crippen molar-refractivity contribution in [3.8, 4) is 6.07 Å². The Labute approximate surface area is 84.7 Å². The minimum absolute atomic E-state index is 0.170. The van der Waals surface area contributed by atoms with Crippen molar-refractivity contribution in [3.63, 3.8) is 0 Å². The molecule has 1 aromatic carbocycles. The second kappa shape index (κ2) is 4.64. The monoisotopic (exact) mass is 189 g/mol. The lowest BCUT2D eigenvalue weighted by Crippen LogP contribution is -2.11. The standard InChI is InChI=1S/C11H15N3/c1-14(2)10-5-3-9(4-6-10)11(13)7-8-12/h3-6,11H,7,13H2,1-2H3/t11-/m1/s1.